The van der Waals surface area contributed by atoms with E-state index in [0.717, 1.165) is 5.56 Å². The van der Waals surface area contributed by atoms with Crippen LogP contribution in [-0.4, -0.2) is 46.9 Å². The Kier molecular flexibility index (Phi) is 5.26. The summed E-state index contributed by atoms with van der Waals surface area (Å²) in [6.07, 6.45) is 4.69. The van der Waals surface area contributed by atoms with Crippen molar-refractivity contribution in [1.29, 1.82) is 0 Å². The van der Waals surface area contributed by atoms with E-state index in [-0.39, 0.29) is 11.6 Å². The molecule has 2 aromatic rings. The average molecular weight is 352 g/mol. The number of nitrogens with zero attached hydrogens (tertiary/aromatic N) is 4. The van der Waals surface area contributed by atoms with Crippen molar-refractivity contribution >= 4 is 23.5 Å². The molecule has 1 saturated heterocycles. The van der Waals surface area contributed by atoms with Gasteiger partial charge in [-0.25, -0.2) is 4.98 Å². The minimum Gasteiger partial charge on any atom is -0.353 e. The lowest BCUT2D eigenvalue weighted by Crippen LogP contribution is -2.48. The fourth-order valence-electron chi connectivity index (χ4n) is 2.78. The Labute approximate surface area is 151 Å². The Morgan fingerprint density at radius 2 is 1.81 bits per heavy atom. The van der Waals surface area contributed by atoms with Crippen LogP contribution in [0.25, 0.3) is 6.08 Å². The van der Waals surface area contributed by atoms with Gasteiger partial charge in [-0.05, 0) is 24.6 Å². The van der Waals surface area contributed by atoms with E-state index in [1.165, 1.54) is 17.8 Å². The van der Waals surface area contributed by atoms with Gasteiger partial charge >= 0.3 is 0 Å². The third-order valence-electron chi connectivity index (χ3n) is 4.35. The van der Waals surface area contributed by atoms with Crippen molar-refractivity contribution in [3.63, 3.8) is 0 Å². The van der Waals surface area contributed by atoms with Crippen molar-refractivity contribution in [2.75, 3.05) is 31.1 Å². The topological polar surface area (TPSA) is 79.6 Å². The second-order valence-corrected chi connectivity index (χ2v) is 6.19. The zero-order valence-electron chi connectivity index (χ0n) is 14.5. The number of amides is 1. The van der Waals surface area contributed by atoms with Crippen molar-refractivity contribution in [3.8, 4) is 0 Å². The number of aryl methyl sites for hydroxylation is 1. The molecule has 26 heavy (non-hydrogen) atoms. The molecule has 2 heterocycles. The van der Waals surface area contributed by atoms with Gasteiger partial charge < -0.3 is 9.80 Å². The van der Waals surface area contributed by atoms with E-state index < -0.39 is 4.92 Å². The van der Waals surface area contributed by atoms with Crippen LogP contribution in [0, 0.1) is 17.0 Å². The number of anilines is 1. The SMILES string of the molecule is Cc1ccc(/C=C/C(=O)N2CCN(c3ccc([N+](=O)[O-])cn3)CC2)cc1. The van der Waals surface area contributed by atoms with E-state index in [9.17, 15) is 14.9 Å². The van der Waals surface area contributed by atoms with Gasteiger partial charge in [0.05, 0.1) is 4.92 Å². The van der Waals surface area contributed by atoms with E-state index in [1.807, 2.05) is 42.2 Å². The molecule has 0 radical (unpaired) electrons. The van der Waals surface area contributed by atoms with Crippen molar-refractivity contribution in [3.05, 3.63) is 69.9 Å². The molecule has 0 unspecified atom stereocenters. The van der Waals surface area contributed by atoms with Crippen molar-refractivity contribution in [2.24, 2.45) is 0 Å². The van der Waals surface area contributed by atoms with Crippen molar-refractivity contribution < 1.29 is 9.72 Å². The second kappa shape index (κ2) is 7.77. The summed E-state index contributed by atoms with van der Waals surface area (Å²) in [4.78, 5) is 30.5. The fourth-order valence-corrected chi connectivity index (χ4v) is 2.78. The first kappa shape index (κ1) is 17.6. The summed E-state index contributed by atoms with van der Waals surface area (Å²) in [5.74, 6) is 0.680. The van der Waals surface area contributed by atoms with Crippen LogP contribution in [0.3, 0.4) is 0 Å². The van der Waals surface area contributed by atoms with Crippen LogP contribution < -0.4 is 4.90 Å². The molecule has 0 bridgehead atoms. The molecule has 0 atom stereocenters. The summed E-state index contributed by atoms with van der Waals surface area (Å²) in [5, 5.41) is 10.7. The number of rotatable bonds is 4. The van der Waals surface area contributed by atoms with Gasteiger partial charge in [-0.3, -0.25) is 14.9 Å². The first-order valence-corrected chi connectivity index (χ1v) is 8.42. The van der Waals surface area contributed by atoms with Crippen LogP contribution in [0.2, 0.25) is 0 Å². The lowest BCUT2D eigenvalue weighted by Gasteiger charge is -2.34. The molecule has 1 aliphatic heterocycles. The molecule has 7 heteroatoms. The summed E-state index contributed by atoms with van der Waals surface area (Å²) in [6.45, 7) is 4.51. The number of hydrogen-bond acceptors (Lipinski definition) is 5. The predicted octanol–water partition coefficient (Wildman–Crippen LogP) is 2.66. The lowest BCUT2D eigenvalue weighted by molar-refractivity contribution is -0.385. The van der Waals surface area contributed by atoms with Gasteiger partial charge in [0.25, 0.3) is 5.69 Å². The maximum Gasteiger partial charge on any atom is 0.287 e. The molecular formula is C19H20N4O3. The Balaban J connectivity index is 1.55. The summed E-state index contributed by atoms with van der Waals surface area (Å²) in [6, 6.07) is 11.1. The highest BCUT2D eigenvalue weighted by Crippen LogP contribution is 2.17. The van der Waals surface area contributed by atoms with Crippen LogP contribution in [0.1, 0.15) is 11.1 Å². The number of benzene rings is 1. The molecule has 1 aromatic carbocycles. The van der Waals surface area contributed by atoms with Gasteiger partial charge in [0.15, 0.2) is 0 Å². The number of aromatic nitrogens is 1. The Hall–Kier alpha value is -3.22. The third-order valence-corrected chi connectivity index (χ3v) is 4.35. The second-order valence-electron chi connectivity index (χ2n) is 6.19. The number of carbonyl (C=O) groups is 1. The van der Waals surface area contributed by atoms with E-state index in [1.54, 1.807) is 17.0 Å². The van der Waals surface area contributed by atoms with Crippen LogP contribution in [0.4, 0.5) is 11.5 Å². The fraction of sp³-hybridized carbons (Fsp3) is 0.263. The standard InChI is InChI=1S/C19H20N4O3/c1-15-2-4-16(5-3-15)6-9-19(24)22-12-10-21(11-13-22)18-8-7-17(14-20-18)23(25)26/h2-9,14H,10-13H2,1H3/b9-6+. The van der Waals surface area contributed by atoms with Gasteiger partial charge in [0.2, 0.25) is 5.91 Å². The van der Waals surface area contributed by atoms with Crippen LogP contribution in [-0.2, 0) is 4.79 Å². The Morgan fingerprint density at radius 3 is 2.38 bits per heavy atom. The van der Waals surface area contributed by atoms with Crippen LogP contribution in [0.5, 0.6) is 0 Å². The van der Waals surface area contributed by atoms with Gasteiger partial charge in [-0.1, -0.05) is 29.8 Å². The van der Waals surface area contributed by atoms with Crippen molar-refractivity contribution in [2.45, 2.75) is 6.92 Å². The number of hydrogen-bond donors (Lipinski definition) is 0. The van der Waals surface area contributed by atoms with Gasteiger partial charge in [-0.2, -0.15) is 0 Å². The molecule has 0 spiro atoms. The van der Waals surface area contributed by atoms with Gasteiger partial charge in [-0.15, -0.1) is 0 Å². The molecule has 1 amide bonds. The zero-order chi connectivity index (χ0) is 18.5. The lowest BCUT2D eigenvalue weighted by atomic mass is 10.1. The predicted molar refractivity (Wildman–Crippen MR) is 99.9 cm³/mol. The highest BCUT2D eigenvalue weighted by molar-refractivity contribution is 5.92. The Bertz CT molecular complexity index is 808. The van der Waals surface area contributed by atoms with E-state index in [2.05, 4.69) is 4.98 Å². The summed E-state index contributed by atoms with van der Waals surface area (Å²) >= 11 is 0. The largest absolute Gasteiger partial charge is 0.353 e. The maximum absolute atomic E-state index is 12.3. The minimum absolute atomic E-state index is 0.0121. The first-order valence-electron chi connectivity index (χ1n) is 8.42. The number of nitro groups is 1. The quantitative estimate of drug-likeness (QED) is 0.480. The van der Waals surface area contributed by atoms with E-state index >= 15 is 0 Å². The number of pyridine rings is 1. The molecule has 3 rings (SSSR count). The van der Waals surface area contributed by atoms with E-state index in [0.29, 0.717) is 32.0 Å². The molecule has 134 valence electrons. The molecule has 7 nitrogen and oxygen atoms in total. The number of carbonyl (C=O) groups excluding carboxylic acids is 1. The molecule has 0 aliphatic carbocycles. The van der Waals surface area contributed by atoms with Crippen LogP contribution in [0.15, 0.2) is 48.7 Å². The van der Waals surface area contributed by atoms with Gasteiger partial charge in [0.1, 0.15) is 12.0 Å². The smallest absolute Gasteiger partial charge is 0.287 e. The molecular weight excluding hydrogens is 332 g/mol. The molecule has 0 N–H and O–H groups in total. The summed E-state index contributed by atoms with van der Waals surface area (Å²) < 4.78 is 0. The normalized spacial score (nSPS) is 14.7. The maximum atomic E-state index is 12.3. The molecule has 1 fully saturated rings. The average Bonchev–Trinajstić information content (AvgIpc) is 2.67. The van der Waals surface area contributed by atoms with E-state index in [4.69, 9.17) is 0 Å². The first-order chi connectivity index (χ1) is 12.5. The molecule has 1 aromatic heterocycles. The van der Waals surface area contributed by atoms with Crippen molar-refractivity contribution in [1.82, 2.24) is 9.88 Å². The number of piperazine rings is 1. The third kappa shape index (κ3) is 4.24. The summed E-state index contributed by atoms with van der Waals surface area (Å²) in [5.41, 5.74) is 2.16. The highest BCUT2D eigenvalue weighted by atomic mass is 16.6. The summed E-state index contributed by atoms with van der Waals surface area (Å²) in [7, 11) is 0. The zero-order valence-corrected chi connectivity index (χ0v) is 14.5. The Morgan fingerprint density at radius 1 is 1.12 bits per heavy atom. The van der Waals surface area contributed by atoms with Gasteiger partial charge in [0, 0.05) is 38.3 Å². The monoisotopic (exact) mass is 352 g/mol. The highest BCUT2D eigenvalue weighted by Gasteiger charge is 2.21. The molecule has 0 saturated carbocycles. The van der Waals surface area contributed by atoms with Crippen LogP contribution >= 0.6 is 0 Å². The molecule has 1 aliphatic rings. The minimum atomic E-state index is -0.465.